The Hall–Kier alpha value is -2.68. The molecule has 0 radical (unpaired) electrons. The minimum Gasteiger partial charge on any atom is -0.368 e. The van der Waals surface area contributed by atoms with E-state index in [-0.39, 0.29) is 19.5 Å². The zero-order chi connectivity index (χ0) is 18.9. The minimum absolute atomic E-state index is 0.107. The van der Waals surface area contributed by atoms with Crippen molar-refractivity contribution >= 4 is 16.9 Å². The fourth-order valence-electron chi connectivity index (χ4n) is 3.24. The molecule has 4 heterocycles. The van der Waals surface area contributed by atoms with E-state index in [9.17, 15) is 8.78 Å². The molecule has 0 aromatic carbocycles. The first-order valence-electron chi connectivity index (χ1n) is 9.04. The predicted octanol–water partition coefficient (Wildman–Crippen LogP) is 2.56. The molecule has 1 atom stereocenters. The highest BCUT2D eigenvalue weighted by Crippen LogP contribution is 2.31. The van der Waals surface area contributed by atoms with Gasteiger partial charge in [0.2, 0.25) is 0 Å². The van der Waals surface area contributed by atoms with Crippen LogP contribution in [0.5, 0.6) is 0 Å². The van der Waals surface area contributed by atoms with Crippen LogP contribution in [0.25, 0.3) is 22.3 Å². The number of halogens is 2. The quantitative estimate of drug-likeness (QED) is 0.716. The average molecular weight is 373 g/mol. The molecule has 1 unspecified atom stereocenters. The van der Waals surface area contributed by atoms with Gasteiger partial charge in [-0.25, -0.2) is 18.7 Å². The first kappa shape index (κ1) is 17.7. The number of nitrogens with zero attached hydrogens (tertiary/aromatic N) is 5. The van der Waals surface area contributed by atoms with Crippen LogP contribution in [0.1, 0.15) is 13.3 Å². The summed E-state index contributed by atoms with van der Waals surface area (Å²) >= 11 is 0. The first-order valence-corrected chi connectivity index (χ1v) is 9.04. The van der Waals surface area contributed by atoms with E-state index in [1.54, 1.807) is 23.3 Å². The molecule has 0 amide bonds. The molecule has 1 aliphatic rings. The number of hydrogen-bond donors (Lipinski definition) is 2. The molecule has 4 rings (SSSR count). The Kier molecular flexibility index (Phi) is 4.69. The molecule has 0 aliphatic carbocycles. The molecule has 1 saturated heterocycles. The van der Waals surface area contributed by atoms with Gasteiger partial charge in [0.15, 0.2) is 5.82 Å². The molecule has 7 nitrogen and oxygen atoms in total. The van der Waals surface area contributed by atoms with Gasteiger partial charge >= 0.3 is 0 Å². The molecule has 9 heteroatoms. The van der Waals surface area contributed by atoms with E-state index in [2.05, 4.69) is 30.7 Å². The van der Waals surface area contributed by atoms with E-state index in [4.69, 9.17) is 0 Å². The molecule has 2 N–H and O–H groups in total. The van der Waals surface area contributed by atoms with Crippen LogP contribution in [0.15, 0.2) is 30.9 Å². The lowest BCUT2D eigenvalue weighted by molar-refractivity contribution is -0.0728. The Morgan fingerprint density at radius 2 is 2.19 bits per heavy atom. The maximum Gasteiger partial charge on any atom is 0.255 e. The highest BCUT2D eigenvalue weighted by Gasteiger charge is 2.41. The van der Waals surface area contributed by atoms with Crippen LogP contribution >= 0.6 is 0 Å². The summed E-state index contributed by atoms with van der Waals surface area (Å²) in [7, 11) is 0. The number of pyridine rings is 1. The summed E-state index contributed by atoms with van der Waals surface area (Å²) in [5.41, 5.74) is 2.75. The average Bonchev–Trinajstić information content (AvgIpc) is 3.16. The number of aryl methyl sites for hydroxylation is 1. The number of rotatable bonds is 5. The van der Waals surface area contributed by atoms with Gasteiger partial charge in [-0.2, -0.15) is 5.10 Å². The van der Waals surface area contributed by atoms with Crippen LogP contribution in [0.2, 0.25) is 0 Å². The zero-order valence-corrected chi connectivity index (χ0v) is 15.0. The normalized spacial score (nSPS) is 19.3. The van der Waals surface area contributed by atoms with Gasteiger partial charge in [-0.1, -0.05) is 0 Å². The maximum absolute atomic E-state index is 14.1. The van der Waals surface area contributed by atoms with E-state index < -0.39 is 11.8 Å². The molecule has 27 heavy (non-hydrogen) atoms. The molecular weight excluding hydrogens is 352 g/mol. The molecule has 0 spiro atoms. The minimum atomic E-state index is -2.69. The maximum atomic E-state index is 14.1. The SMILES string of the molecule is CCn1cc(-c2cc3nccnc3c(NCC3CNCCC3(F)F)n2)cn1. The monoisotopic (exact) mass is 373 g/mol. The number of alkyl halides is 2. The Bertz CT molecular complexity index is 940. The van der Waals surface area contributed by atoms with E-state index >= 15 is 0 Å². The standard InChI is InChI=1S/C18H21F2N7/c1-2-27-11-12(8-25-27)14-7-15-16(23-6-5-22-15)17(26-14)24-10-13-9-21-4-3-18(13,19)20/h5-8,11,13,21H,2-4,9-10H2,1H3,(H,24,26). The number of hydrogen-bond acceptors (Lipinski definition) is 6. The third-order valence-corrected chi connectivity index (χ3v) is 4.85. The van der Waals surface area contributed by atoms with E-state index in [1.807, 2.05) is 19.2 Å². The number of piperidine rings is 1. The summed E-state index contributed by atoms with van der Waals surface area (Å²) in [4.78, 5) is 13.3. The lowest BCUT2D eigenvalue weighted by Gasteiger charge is -2.32. The highest BCUT2D eigenvalue weighted by atomic mass is 19.3. The summed E-state index contributed by atoms with van der Waals surface area (Å²) in [6, 6.07) is 1.83. The number of aromatic nitrogens is 5. The van der Waals surface area contributed by atoms with Gasteiger partial charge < -0.3 is 10.6 Å². The van der Waals surface area contributed by atoms with E-state index in [0.717, 1.165) is 12.1 Å². The number of anilines is 1. The van der Waals surface area contributed by atoms with Crippen molar-refractivity contribution in [3.8, 4) is 11.3 Å². The summed E-state index contributed by atoms with van der Waals surface area (Å²) in [5, 5.41) is 10.4. The smallest absolute Gasteiger partial charge is 0.255 e. The second-order valence-corrected chi connectivity index (χ2v) is 6.66. The predicted molar refractivity (Wildman–Crippen MR) is 98.6 cm³/mol. The lowest BCUT2D eigenvalue weighted by Crippen LogP contribution is -2.47. The van der Waals surface area contributed by atoms with Crippen molar-refractivity contribution in [1.82, 2.24) is 30.0 Å². The van der Waals surface area contributed by atoms with Crippen molar-refractivity contribution in [2.24, 2.45) is 5.92 Å². The summed E-state index contributed by atoms with van der Waals surface area (Å²) in [6.07, 6.45) is 6.65. The second-order valence-electron chi connectivity index (χ2n) is 6.66. The van der Waals surface area contributed by atoms with E-state index in [0.29, 0.717) is 29.1 Å². The Balaban J connectivity index is 1.66. The summed E-state index contributed by atoms with van der Waals surface area (Å²) in [6.45, 7) is 3.47. The van der Waals surface area contributed by atoms with Crippen LogP contribution < -0.4 is 10.6 Å². The van der Waals surface area contributed by atoms with Gasteiger partial charge in [0.25, 0.3) is 5.92 Å². The molecule has 3 aromatic rings. The highest BCUT2D eigenvalue weighted by molar-refractivity contribution is 5.88. The van der Waals surface area contributed by atoms with Gasteiger partial charge in [0.1, 0.15) is 5.52 Å². The van der Waals surface area contributed by atoms with Crippen molar-refractivity contribution < 1.29 is 8.78 Å². The Morgan fingerprint density at radius 3 is 2.96 bits per heavy atom. The van der Waals surface area contributed by atoms with Gasteiger partial charge in [-0.3, -0.25) is 9.67 Å². The van der Waals surface area contributed by atoms with Gasteiger partial charge in [0.05, 0.1) is 23.3 Å². The van der Waals surface area contributed by atoms with Crippen LogP contribution in [-0.2, 0) is 6.54 Å². The molecule has 142 valence electrons. The van der Waals surface area contributed by atoms with Gasteiger partial charge in [-0.05, 0) is 13.0 Å². The summed E-state index contributed by atoms with van der Waals surface area (Å²) in [5.74, 6) is -3.04. The largest absolute Gasteiger partial charge is 0.368 e. The lowest BCUT2D eigenvalue weighted by atomic mass is 9.95. The third kappa shape index (κ3) is 3.59. The van der Waals surface area contributed by atoms with Crippen LogP contribution in [0.3, 0.4) is 0 Å². The van der Waals surface area contributed by atoms with E-state index in [1.165, 1.54) is 0 Å². The van der Waals surface area contributed by atoms with Crippen molar-refractivity contribution in [3.63, 3.8) is 0 Å². The van der Waals surface area contributed by atoms with Gasteiger partial charge in [0, 0.05) is 56.8 Å². The zero-order valence-electron chi connectivity index (χ0n) is 15.0. The number of nitrogens with one attached hydrogen (secondary N) is 2. The third-order valence-electron chi connectivity index (χ3n) is 4.85. The molecule has 0 saturated carbocycles. The Labute approximate surface area is 155 Å². The second kappa shape index (κ2) is 7.15. The van der Waals surface area contributed by atoms with Gasteiger partial charge in [-0.15, -0.1) is 0 Å². The molecule has 0 bridgehead atoms. The fraction of sp³-hybridized carbons (Fsp3) is 0.444. The van der Waals surface area contributed by atoms with Crippen molar-refractivity contribution in [2.45, 2.75) is 25.8 Å². The summed E-state index contributed by atoms with van der Waals surface area (Å²) < 4.78 is 30.1. The number of fused-ring (bicyclic) bond motifs is 1. The first-order chi connectivity index (χ1) is 13.1. The fourth-order valence-corrected chi connectivity index (χ4v) is 3.24. The van der Waals surface area contributed by atoms with Crippen molar-refractivity contribution in [2.75, 3.05) is 25.0 Å². The molecular formula is C18H21F2N7. The van der Waals surface area contributed by atoms with Crippen molar-refractivity contribution in [1.29, 1.82) is 0 Å². The molecule has 1 aliphatic heterocycles. The van der Waals surface area contributed by atoms with Crippen LogP contribution in [0.4, 0.5) is 14.6 Å². The topological polar surface area (TPSA) is 80.5 Å². The Morgan fingerprint density at radius 1 is 1.33 bits per heavy atom. The molecule has 3 aromatic heterocycles. The van der Waals surface area contributed by atoms with Crippen molar-refractivity contribution in [3.05, 3.63) is 30.9 Å². The van der Waals surface area contributed by atoms with Crippen LogP contribution in [-0.4, -0.2) is 50.3 Å². The molecule has 1 fully saturated rings. The van der Waals surface area contributed by atoms with Crippen LogP contribution in [0, 0.1) is 5.92 Å².